The molecular weight excluding hydrogens is 524 g/mol. The summed E-state index contributed by atoms with van der Waals surface area (Å²) in [7, 11) is 0. The lowest BCUT2D eigenvalue weighted by atomic mass is 9.34. The van der Waals surface area contributed by atoms with E-state index >= 15 is 0 Å². The van der Waals surface area contributed by atoms with E-state index in [9.17, 15) is 29.1 Å². The zero-order valence-corrected chi connectivity index (χ0v) is 25.8. The molecule has 0 aromatic carbocycles. The minimum absolute atomic E-state index is 0.121. The molecule has 0 aromatic heterocycles. The van der Waals surface area contributed by atoms with E-state index in [1.165, 1.54) is 13.8 Å². The molecule has 4 aliphatic carbocycles. The first-order valence-electron chi connectivity index (χ1n) is 14.6. The van der Waals surface area contributed by atoms with Crippen molar-refractivity contribution in [3.05, 3.63) is 34.9 Å². The Bertz CT molecular complexity index is 1300. The maximum Gasteiger partial charge on any atom is 0.331 e. The molecule has 3 fully saturated rings. The molecule has 1 N–H and O–H groups in total. The number of aliphatic carboxylic acids is 1. The third-order valence-electron chi connectivity index (χ3n) is 11.5. The fourth-order valence-electron chi connectivity index (χ4n) is 9.48. The van der Waals surface area contributed by atoms with Crippen molar-refractivity contribution in [1.29, 1.82) is 0 Å². The van der Waals surface area contributed by atoms with E-state index in [2.05, 4.69) is 0 Å². The lowest BCUT2D eigenvalue weighted by Crippen LogP contribution is -2.71. The summed E-state index contributed by atoms with van der Waals surface area (Å²) in [5.41, 5.74) is -1.51. The van der Waals surface area contributed by atoms with Gasteiger partial charge in [0, 0.05) is 36.7 Å². The number of allylic oxidation sites excluding steroid dienone is 4. The van der Waals surface area contributed by atoms with Gasteiger partial charge in [-0.25, -0.2) is 4.79 Å². The number of hydrogen-bond acceptors (Lipinski definition) is 7. The third-order valence-corrected chi connectivity index (χ3v) is 11.5. The first-order chi connectivity index (χ1) is 18.9. The maximum atomic E-state index is 14.4. The Morgan fingerprint density at radius 2 is 1.63 bits per heavy atom. The molecule has 0 heterocycles. The molecule has 4 aliphatic rings. The summed E-state index contributed by atoms with van der Waals surface area (Å²) < 4.78 is 11.8. The zero-order valence-electron chi connectivity index (χ0n) is 25.8. The molecule has 41 heavy (non-hydrogen) atoms. The highest BCUT2D eigenvalue weighted by molar-refractivity contribution is 6.00. The molecule has 224 valence electrons. The van der Waals surface area contributed by atoms with Crippen molar-refractivity contribution in [2.75, 3.05) is 0 Å². The van der Waals surface area contributed by atoms with E-state index in [1.54, 1.807) is 13.0 Å². The number of carboxylic acid groups (broad SMARTS) is 1. The van der Waals surface area contributed by atoms with Crippen LogP contribution in [0.25, 0.3) is 0 Å². The summed E-state index contributed by atoms with van der Waals surface area (Å²) >= 11 is 0. The number of fused-ring (bicyclic) bond motifs is 5. The van der Waals surface area contributed by atoms with Gasteiger partial charge in [0.05, 0.1) is 0 Å². The lowest BCUT2D eigenvalue weighted by Gasteiger charge is -2.69. The van der Waals surface area contributed by atoms with Gasteiger partial charge in [-0.05, 0) is 73.3 Å². The Hall–Kier alpha value is -3.03. The van der Waals surface area contributed by atoms with Crippen molar-refractivity contribution < 1.29 is 38.6 Å². The molecule has 9 atom stereocenters. The monoisotopic (exact) mass is 568 g/mol. The molecule has 9 unspecified atom stereocenters. The second-order valence-corrected chi connectivity index (χ2v) is 13.8. The quantitative estimate of drug-likeness (QED) is 0.266. The highest BCUT2D eigenvalue weighted by Gasteiger charge is 2.77. The SMILES string of the molecule is CC(=O)OC1CC2(C)C(C)(CCC3C4(C)C=CC(=O)C(C)C4C(=O)C(OC(C)=O)C32C)C1=C(CC=C(C)C)C(=O)O. The molecular formula is C33H44O8. The summed E-state index contributed by atoms with van der Waals surface area (Å²) in [6.45, 7) is 16.2. The van der Waals surface area contributed by atoms with Crippen LogP contribution >= 0.6 is 0 Å². The van der Waals surface area contributed by atoms with Gasteiger partial charge in [-0.3, -0.25) is 19.2 Å². The van der Waals surface area contributed by atoms with Gasteiger partial charge in [0.25, 0.3) is 0 Å². The standard InChI is InChI=1S/C33H44O8/c1-17(2)10-11-21(29(38)39)26-23(40-19(4)34)16-32(8)31(26,7)15-13-24-30(6)14-12-22(36)18(3)25(30)27(37)28(33(24,32)9)41-20(5)35/h10,12,14,18,23-25,28H,11,13,15-16H2,1-9H3,(H,38,39). The predicted molar refractivity (Wildman–Crippen MR) is 151 cm³/mol. The Balaban J connectivity index is 2.03. The van der Waals surface area contributed by atoms with Crippen LogP contribution in [-0.2, 0) is 33.4 Å². The van der Waals surface area contributed by atoms with Crippen LogP contribution in [0.5, 0.6) is 0 Å². The van der Waals surface area contributed by atoms with E-state index in [-0.39, 0.29) is 35.9 Å². The number of ether oxygens (including phenoxy) is 2. The van der Waals surface area contributed by atoms with E-state index < -0.39 is 63.6 Å². The number of carboxylic acids is 1. The average Bonchev–Trinajstić information content (AvgIpc) is 3.06. The molecule has 8 nitrogen and oxygen atoms in total. The molecule has 0 amide bonds. The van der Waals surface area contributed by atoms with Gasteiger partial charge in [-0.15, -0.1) is 0 Å². The number of rotatable bonds is 5. The molecule has 0 radical (unpaired) electrons. The molecule has 4 rings (SSSR count). The highest BCUT2D eigenvalue weighted by atomic mass is 16.6. The lowest BCUT2D eigenvalue weighted by molar-refractivity contribution is -0.233. The van der Waals surface area contributed by atoms with Gasteiger partial charge in [-0.2, -0.15) is 0 Å². The molecule has 0 spiro atoms. The average molecular weight is 569 g/mol. The molecule has 0 bridgehead atoms. The van der Waals surface area contributed by atoms with E-state index in [0.717, 1.165) is 5.57 Å². The largest absolute Gasteiger partial charge is 0.478 e. The van der Waals surface area contributed by atoms with Gasteiger partial charge in [-0.1, -0.05) is 52.3 Å². The highest BCUT2D eigenvalue weighted by Crippen LogP contribution is 2.77. The van der Waals surface area contributed by atoms with Crippen molar-refractivity contribution in [1.82, 2.24) is 0 Å². The molecule has 0 aromatic rings. The van der Waals surface area contributed by atoms with Crippen LogP contribution in [0.3, 0.4) is 0 Å². The predicted octanol–water partition coefficient (Wildman–Crippen LogP) is 5.40. The molecule has 8 heteroatoms. The van der Waals surface area contributed by atoms with Crippen LogP contribution in [0.15, 0.2) is 34.9 Å². The van der Waals surface area contributed by atoms with Gasteiger partial charge >= 0.3 is 17.9 Å². The molecule has 0 saturated heterocycles. The fourth-order valence-corrected chi connectivity index (χ4v) is 9.48. The topological polar surface area (TPSA) is 124 Å². The third kappa shape index (κ3) is 4.26. The number of carbonyl (C=O) groups excluding carboxylic acids is 4. The van der Waals surface area contributed by atoms with Gasteiger partial charge < -0.3 is 14.6 Å². The Morgan fingerprint density at radius 3 is 2.17 bits per heavy atom. The van der Waals surface area contributed by atoms with Gasteiger partial charge in [0.1, 0.15) is 6.10 Å². The number of hydrogen-bond donors (Lipinski definition) is 1. The van der Waals surface area contributed by atoms with Gasteiger partial charge in [0.2, 0.25) is 0 Å². The summed E-state index contributed by atoms with van der Waals surface area (Å²) in [6, 6.07) is 0. The van der Waals surface area contributed by atoms with E-state index in [0.29, 0.717) is 18.4 Å². The smallest absolute Gasteiger partial charge is 0.331 e. The minimum atomic E-state index is -1.14. The molecule has 3 saturated carbocycles. The van der Waals surface area contributed by atoms with Crippen LogP contribution in [-0.4, -0.2) is 46.8 Å². The van der Waals surface area contributed by atoms with Gasteiger partial charge in [0.15, 0.2) is 17.7 Å². The summed E-state index contributed by atoms with van der Waals surface area (Å²) in [6.07, 6.45) is 5.01. The fraction of sp³-hybridized carbons (Fsp3) is 0.667. The van der Waals surface area contributed by atoms with Crippen LogP contribution in [0.1, 0.15) is 88.0 Å². The van der Waals surface area contributed by atoms with E-state index in [4.69, 9.17) is 9.47 Å². The van der Waals surface area contributed by atoms with Crippen LogP contribution in [0.4, 0.5) is 0 Å². The second-order valence-electron chi connectivity index (χ2n) is 13.8. The second kappa shape index (κ2) is 10.1. The van der Waals surface area contributed by atoms with Crippen molar-refractivity contribution in [2.45, 2.75) is 100 Å². The summed E-state index contributed by atoms with van der Waals surface area (Å²) in [5, 5.41) is 10.5. The number of esters is 2. The van der Waals surface area contributed by atoms with Crippen LogP contribution in [0, 0.1) is 39.4 Å². The number of Topliss-reactive ketones (excluding diaryl/α,β-unsaturated/α-hetero) is 1. The Labute approximate surface area is 242 Å². The Kier molecular flexibility index (Phi) is 7.58. The van der Waals surface area contributed by atoms with Crippen molar-refractivity contribution in [3.8, 4) is 0 Å². The minimum Gasteiger partial charge on any atom is -0.478 e. The summed E-state index contributed by atoms with van der Waals surface area (Å²) in [5.74, 6) is -3.95. The van der Waals surface area contributed by atoms with Crippen molar-refractivity contribution in [3.63, 3.8) is 0 Å². The number of carbonyl (C=O) groups is 5. The van der Waals surface area contributed by atoms with Crippen LogP contribution in [0.2, 0.25) is 0 Å². The van der Waals surface area contributed by atoms with Crippen LogP contribution < -0.4 is 0 Å². The Morgan fingerprint density at radius 1 is 1.02 bits per heavy atom. The maximum absolute atomic E-state index is 14.4. The first-order valence-corrected chi connectivity index (χ1v) is 14.6. The van der Waals surface area contributed by atoms with Crippen molar-refractivity contribution in [2.24, 2.45) is 39.4 Å². The van der Waals surface area contributed by atoms with E-state index in [1.807, 2.05) is 53.7 Å². The first kappa shape index (κ1) is 30.9. The normalized spacial score (nSPS) is 42.4. The number of ketones is 2. The zero-order chi connectivity index (χ0) is 30.9. The molecule has 0 aliphatic heterocycles. The van der Waals surface area contributed by atoms with Crippen molar-refractivity contribution >= 4 is 29.5 Å². The summed E-state index contributed by atoms with van der Waals surface area (Å²) in [4.78, 5) is 64.9.